The number of rotatable bonds is 4. The summed E-state index contributed by atoms with van der Waals surface area (Å²) < 4.78 is 1.60. The Kier molecular flexibility index (Phi) is 4.63. The zero-order valence-corrected chi connectivity index (χ0v) is 14.1. The molecule has 2 rings (SSSR count). The molecule has 2 N–H and O–H groups in total. The van der Waals surface area contributed by atoms with Crippen molar-refractivity contribution >= 4 is 17.6 Å². The fraction of sp³-hybridized carbons (Fsp3) is 0.533. The van der Waals surface area contributed by atoms with Gasteiger partial charge in [-0.25, -0.2) is 9.50 Å². The smallest absolute Gasteiger partial charge is 0.252 e. The van der Waals surface area contributed by atoms with E-state index in [9.17, 15) is 9.59 Å². The average Bonchev–Trinajstić information content (AvgIpc) is 2.87. The number of fused-ring (bicyclic) bond motifs is 1. The third-order valence-electron chi connectivity index (χ3n) is 3.29. The van der Waals surface area contributed by atoms with Crippen LogP contribution in [0.5, 0.6) is 0 Å². The molecule has 23 heavy (non-hydrogen) atoms. The molecule has 0 saturated carbocycles. The summed E-state index contributed by atoms with van der Waals surface area (Å²) in [6.07, 6.45) is 1.57. The SMILES string of the molecule is Cc1nc2ncnn2c(C)c1CC(=O)NCC(=O)NC(C)(C)C. The maximum absolute atomic E-state index is 12.1. The molecule has 0 aromatic carbocycles. The number of amides is 2. The van der Waals surface area contributed by atoms with Gasteiger partial charge in [0.25, 0.3) is 5.78 Å². The van der Waals surface area contributed by atoms with Crippen LogP contribution in [-0.4, -0.2) is 43.5 Å². The molecule has 0 fully saturated rings. The van der Waals surface area contributed by atoms with Crippen LogP contribution in [0.1, 0.15) is 37.7 Å². The summed E-state index contributed by atoms with van der Waals surface area (Å²) in [7, 11) is 0. The molecular formula is C15H22N6O2. The van der Waals surface area contributed by atoms with Gasteiger partial charge in [0, 0.05) is 22.5 Å². The molecule has 8 heteroatoms. The quantitative estimate of drug-likeness (QED) is 0.845. The molecule has 0 radical (unpaired) electrons. The van der Waals surface area contributed by atoms with Crippen LogP contribution in [0.15, 0.2) is 6.33 Å². The molecule has 0 aliphatic heterocycles. The number of aryl methyl sites for hydroxylation is 2. The Morgan fingerprint density at radius 3 is 2.57 bits per heavy atom. The van der Waals surface area contributed by atoms with Gasteiger partial charge in [-0.15, -0.1) is 0 Å². The van der Waals surface area contributed by atoms with Crippen LogP contribution in [0.25, 0.3) is 5.78 Å². The number of nitrogens with zero attached hydrogens (tertiary/aromatic N) is 4. The third-order valence-corrected chi connectivity index (χ3v) is 3.29. The lowest BCUT2D eigenvalue weighted by atomic mass is 10.1. The number of hydrogen-bond acceptors (Lipinski definition) is 5. The number of aromatic nitrogens is 4. The highest BCUT2D eigenvalue weighted by molar-refractivity contribution is 5.86. The van der Waals surface area contributed by atoms with Crippen molar-refractivity contribution in [3.8, 4) is 0 Å². The minimum atomic E-state index is -0.322. The number of carbonyl (C=O) groups excluding carboxylic acids is 2. The fourth-order valence-electron chi connectivity index (χ4n) is 2.28. The van der Waals surface area contributed by atoms with Gasteiger partial charge < -0.3 is 10.6 Å². The van der Waals surface area contributed by atoms with Crippen molar-refractivity contribution < 1.29 is 9.59 Å². The molecule has 8 nitrogen and oxygen atoms in total. The lowest BCUT2D eigenvalue weighted by Crippen LogP contribution is -2.46. The van der Waals surface area contributed by atoms with E-state index in [1.807, 2.05) is 34.6 Å². The molecule has 124 valence electrons. The summed E-state index contributed by atoms with van der Waals surface area (Å²) in [6.45, 7) is 9.31. The van der Waals surface area contributed by atoms with E-state index in [1.165, 1.54) is 6.33 Å². The molecule has 0 atom stereocenters. The molecule has 0 spiro atoms. The molecule has 0 bridgehead atoms. The number of carbonyl (C=O) groups is 2. The molecule has 0 saturated heterocycles. The van der Waals surface area contributed by atoms with E-state index in [1.54, 1.807) is 4.52 Å². The molecule has 2 heterocycles. The maximum atomic E-state index is 12.1. The Bertz CT molecular complexity index is 744. The first-order chi connectivity index (χ1) is 10.7. The molecule has 0 aliphatic rings. The number of hydrogen-bond donors (Lipinski definition) is 2. The Hall–Kier alpha value is -2.51. The van der Waals surface area contributed by atoms with Crippen LogP contribution in [-0.2, 0) is 16.0 Å². The van der Waals surface area contributed by atoms with E-state index in [2.05, 4.69) is 25.7 Å². The molecule has 2 aromatic rings. The summed E-state index contributed by atoms with van der Waals surface area (Å²) in [5.41, 5.74) is 2.02. The second kappa shape index (κ2) is 6.31. The van der Waals surface area contributed by atoms with Crippen molar-refractivity contribution in [3.05, 3.63) is 23.3 Å². The van der Waals surface area contributed by atoms with Gasteiger partial charge in [-0.1, -0.05) is 0 Å². The van der Waals surface area contributed by atoms with Crippen molar-refractivity contribution in [2.75, 3.05) is 6.54 Å². The fourth-order valence-corrected chi connectivity index (χ4v) is 2.28. The zero-order chi connectivity index (χ0) is 17.2. The van der Waals surface area contributed by atoms with Crippen molar-refractivity contribution in [2.24, 2.45) is 0 Å². The third kappa shape index (κ3) is 4.24. The van der Waals surface area contributed by atoms with Gasteiger partial charge in [0.15, 0.2) is 0 Å². The molecule has 0 aliphatic carbocycles. The first-order valence-corrected chi connectivity index (χ1v) is 7.41. The van der Waals surface area contributed by atoms with E-state index < -0.39 is 0 Å². The van der Waals surface area contributed by atoms with Crippen molar-refractivity contribution in [1.82, 2.24) is 30.2 Å². The van der Waals surface area contributed by atoms with Gasteiger partial charge in [0.2, 0.25) is 11.8 Å². The highest BCUT2D eigenvalue weighted by Gasteiger charge is 2.17. The second-order valence-electron chi connectivity index (χ2n) is 6.48. The van der Waals surface area contributed by atoms with Crippen LogP contribution >= 0.6 is 0 Å². The molecule has 0 unspecified atom stereocenters. The van der Waals surface area contributed by atoms with Crippen molar-refractivity contribution in [3.63, 3.8) is 0 Å². The van der Waals surface area contributed by atoms with E-state index in [0.717, 1.165) is 17.0 Å². The second-order valence-corrected chi connectivity index (χ2v) is 6.48. The topological polar surface area (TPSA) is 101 Å². The normalized spacial score (nSPS) is 11.5. The lowest BCUT2D eigenvalue weighted by Gasteiger charge is -2.20. The monoisotopic (exact) mass is 318 g/mol. The van der Waals surface area contributed by atoms with Gasteiger partial charge in [-0.2, -0.15) is 10.1 Å². The van der Waals surface area contributed by atoms with Crippen LogP contribution in [0.2, 0.25) is 0 Å². The summed E-state index contributed by atoms with van der Waals surface area (Å²) >= 11 is 0. The van der Waals surface area contributed by atoms with Gasteiger partial charge >= 0.3 is 0 Å². The molecule has 2 amide bonds. The van der Waals surface area contributed by atoms with Crippen LogP contribution in [0.4, 0.5) is 0 Å². The number of nitrogens with one attached hydrogen (secondary N) is 2. The van der Waals surface area contributed by atoms with Crippen molar-refractivity contribution in [1.29, 1.82) is 0 Å². The molecular weight excluding hydrogens is 296 g/mol. The van der Waals surface area contributed by atoms with Gasteiger partial charge in [0.05, 0.1) is 13.0 Å². The Balaban J connectivity index is 2.02. The summed E-state index contributed by atoms with van der Waals surface area (Å²) in [6, 6.07) is 0. The summed E-state index contributed by atoms with van der Waals surface area (Å²) in [5, 5.41) is 9.51. The van der Waals surface area contributed by atoms with E-state index in [-0.39, 0.29) is 30.3 Å². The van der Waals surface area contributed by atoms with Crippen LogP contribution in [0.3, 0.4) is 0 Å². The van der Waals surface area contributed by atoms with Gasteiger partial charge in [0.1, 0.15) is 6.33 Å². The Morgan fingerprint density at radius 2 is 1.91 bits per heavy atom. The zero-order valence-electron chi connectivity index (χ0n) is 14.1. The first kappa shape index (κ1) is 16.9. The minimum Gasteiger partial charge on any atom is -0.350 e. The van der Waals surface area contributed by atoms with E-state index in [4.69, 9.17) is 0 Å². The highest BCUT2D eigenvalue weighted by atomic mass is 16.2. The Morgan fingerprint density at radius 1 is 1.22 bits per heavy atom. The maximum Gasteiger partial charge on any atom is 0.252 e. The van der Waals surface area contributed by atoms with E-state index in [0.29, 0.717) is 5.78 Å². The predicted octanol–water partition coefficient (Wildman–Crippen LogP) is 0.315. The van der Waals surface area contributed by atoms with Crippen LogP contribution in [0, 0.1) is 13.8 Å². The van der Waals surface area contributed by atoms with Crippen molar-refractivity contribution in [2.45, 2.75) is 46.6 Å². The first-order valence-electron chi connectivity index (χ1n) is 7.41. The largest absolute Gasteiger partial charge is 0.350 e. The predicted molar refractivity (Wildman–Crippen MR) is 84.9 cm³/mol. The highest BCUT2D eigenvalue weighted by Crippen LogP contribution is 2.13. The average molecular weight is 318 g/mol. The van der Waals surface area contributed by atoms with Crippen LogP contribution < -0.4 is 10.6 Å². The summed E-state index contributed by atoms with van der Waals surface area (Å²) in [4.78, 5) is 32.2. The van der Waals surface area contributed by atoms with E-state index >= 15 is 0 Å². The van der Waals surface area contributed by atoms with Gasteiger partial charge in [-0.3, -0.25) is 9.59 Å². The lowest BCUT2D eigenvalue weighted by molar-refractivity contribution is -0.126. The Labute approximate surface area is 134 Å². The molecule has 2 aromatic heterocycles. The minimum absolute atomic E-state index is 0.0484. The standard InChI is InChI=1S/C15H22N6O2/c1-9-11(10(2)21-14(19-9)17-8-18-21)6-12(22)16-7-13(23)20-15(3,4)5/h8H,6-7H2,1-5H3,(H,16,22)(H,20,23). The summed E-state index contributed by atoms with van der Waals surface area (Å²) in [5.74, 6) is 0.0550. The van der Waals surface area contributed by atoms with Gasteiger partial charge in [-0.05, 0) is 34.6 Å².